The molecule has 7 heteroatoms. The Morgan fingerprint density at radius 1 is 1.27 bits per heavy atom. The number of amides is 1. The number of rotatable bonds is 5. The van der Waals surface area contributed by atoms with E-state index < -0.39 is 0 Å². The predicted molar refractivity (Wildman–Crippen MR) is 109 cm³/mol. The molecule has 2 saturated carbocycles. The Bertz CT molecular complexity index is 761. The van der Waals surface area contributed by atoms with Gasteiger partial charge < -0.3 is 15.6 Å². The zero-order chi connectivity index (χ0) is 16.7. The molecule has 5 nitrogen and oxygen atoms in total. The number of carbonyl (C=O) groups is 1. The van der Waals surface area contributed by atoms with E-state index in [4.69, 9.17) is 5.73 Å². The Morgan fingerprint density at radius 3 is 2.69 bits per heavy atom. The van der Waals surface area contributed by atoms with Crippen LogP contribution in [-0.2, 0) is 18.3 Å². The molecule has 4 rings (SSSR count). The number of nitrogens with one attached hydrogen (secondary N) is 1. The van der Waals surface area contributed by atoms with E-state index in [1.807, 2.05) is 18.2 Å². The van der Waals surface area contributed by atoms with E-state index >= 15 is 0 Å². The molecule has 2 aliphatic rings. The second-order valence-corrected chi connectivity index (χ2v) is 7.41. The molecule has 26 heavy (non-hydrogen) atoms. The second-order valence-electron chi connectivity index (χ2n) is 7.41. The third kappa shape index (κ3) is 3.71. The van der Waals surface area contributed by atoms with E-state index in [-0.39, 0.29) is 42.7 Å². The van der Waals surface area contributed by atoms with E-state index in [1.165, 1.54) is 12.8 Å². The van der Waals surface area contributed by atoms with Gasteiger partial charge in [0.15, 0.2) is 0 Å². The fraction of sp³-hybridized carbons (Fsp3) is 0.579. The number of hydrogen-bond acceptors (Lipinski definition) is 3. The summed E-state index contributed by atoms with van der Waals surface area (Å²) in [5.74, 6) is 2.37. The monoisotopic (exact) mass is 398 g/mol. The van der Waals surface area contributed by atoms with E-state index in [0.29, 0.717) is 18.4 Å². The second kappa shape index (κ2) is 8.59. The highest BCUT2D eigenvalue weighted by molar-refractivity contribution is 5.85. The third-order valence-electron chi connectivity index (χ3n) is 6.04. The maximum Gasteiger partial charge on any atom is 0.224 e. The van der Waals surface area contributed by atoms with Crippen molar-refractivity contribution in [3.05, 3.63) is 30.1 Å². The summed E-state index contributed by atoms with van der Waals surface area (Å²) in [5, 5.41) is 3.11. The lowest BCUT2D eigenvalue weighted by molar-refractivity contribution is -0.127. The molecule has 1 aromatic heterocycles. The summed E-state index contributed by atoms with van der Waals surface area (Å²) in [6.45, 7) is 0.697. The van der Waals surface area contributed by atoms with E-state index in [9.17, 15) is 4.79 Å². The largest absolute Gasteiger partial charge is 0.356 e. The van der Waals surface area contributed by atoms with Crippen LogP contribution in [0.15, 0.2) is 24.3 Å². The molecular weight excluding hydrogens is 371 g/mol. The topological polar surface area (TPSA) is 72.9 Å². The number of nitrogens with zero attached hydrogens (tertiary/aromatic N) is 2. The SMILES string of the molecule is Cl.Cl.Cn1c(CCCNC(=O)C2C3CCC(C3)C2N)nc2ccccc21. The van der Waals surface area contributed by atoms with Crippen LogP contribution in [0.25, 0.3) is 11.0 Å². The van der Waals surface area contributed by atoms with Crippen molar-refractivity contribution in [1.29, 1.82) is 0 Å². The van der Waals surface area contributed by atoms with Crippen LogP contribution in [0.2, 0.25) is 0 Å². The molecule has 0 spiro atoms. The summed E-state index contributed by atoms with van der Waals surface area (Å²) >= 11 is 0. The van der Waals surface area contributed by atoms with Crippen LogP contribution in [0.1, 0.15) is 31.5 Å². The summed E-state index contributed by atoms with van der Waals surface area (Å²) in [7, 11) is 2.05. The van der Waals surface area contributed by atoms with Crippen LogP contribution in [0, 0.1) is 17.8 Å². The standard InChI is InChI=1S/C19H26N4O.2ClH/c1-23-15-6-3-2-5-14(15)22-16(23)7-4-10-21-19(24)17-12-8-9-13(11-12)18(17)20;;/h2-3,5-6,12-13,17-18H,4,7-11,20H2,1H3,(H,21,24);2*1H. The number of aryl methyl sites for hydroxylation is 2. The lowest BCUT2D eigenvalue weighted by Crippen LogP contribution is -2.45. The number of hydrogen-bond donors (Lipinski definition) is 2. The number of nitrogens with two attached hydrogens (primary N) is 1. The van der Waals surface area contributed by atoms with Gasteiger partial charge in [-0.1, -0.05) is 12.1 Å². The molecule has 0 aliphatic heterocycles. The van der Waals surface area contributed by atoms with Gasteiger partial charge in [0, 0.05) is 26.1 Å². The molecule has 2 aliphatic carbocycles. The molecule has 1 aromatic carbocycles. The van der Waals surface area contributed by atoms with Crippen molar-refractivity contribution >= 4 is 41.8 Å². The molecule has 1 amide bonds. The number of carbonyl (C=O) groups excluding carboxylic acids is 1. The first-order valence-corrected chi connectivity index (χ1v) is 9.09. The van der Waals surface area contributed by atoms with Gasteiger partial charge in [0.25, 0.3) is 0 Å². The highest BCUT2D eigenvalue weighted by Gasteiger charge is 2.48. The van der Waals surface area contributed by atoms with E-state index in [2.05, 4.69) is 28.0 Å². The lowest BCUT2D eigenvalue weighted by atomic mass is 9.84. The van der Waals surface area contributed by atoms with Gasteiger partial charge in [-0.25, -0.2) is 4.98 Å². The van der Waals surface area contributed by atoms with Crippen LogP contribution < -0.4 is 11.1 Å². The summed E-state index contributed by atoms with van der Waals surface area (Å²) in [6.07, 6.45) is 5.31. The zero-order valence-electron chi connectivity index (χ0n) is 15.1. The van der Waals surface area contributed by atoms with Gasteiger partial charge in [0.05, 0.1) is 17.0 Å². The van der Waals surface area contributed by atoms with Gasteiger partial charge in [-0.3, -0.25) is 4.79 Å². The van der Waals surface area contributed by atoms with Crippen molar-refractivity contribution in [2.45, 2.75) is 38.1 Å². The third-order valence-corrected chi connectivity index (χ3v) is 6.04. The van der Waals surface area contributed by atoms with Crippen LogP contribution in [-0.4, -0.2) is 28.0 Å². The van der Waals surface area contributed by atoms with Crippen molar-refractivity contribution in [1.82, 2.24) is 14.9 Å². The Hall–Kier alpha value is -1.30. The molecule has 0 saturated heterocycles. The van der Waals surface area contributed by atoms with Crippen LogP contribution >= 0.6 is 24.8 Å². The van der Waals surface area contributed by atoms with Crippen molar-refractivity contribution in [2.24, 2.45) is 30.5 Å². The quantitative estimate of drug-likeness (QED) is 0.760. The molecule has 1 heterocycles. The van der Waals surface area contributed by atoms with Crippen LogP contribution in [0.3, 0.4) is 0 Å². The van der Waals surface area contributed by atoms with Gasteiger partial charge in [-0.05, 0) is 49.7 Å². The Balaban J connectivity index is 0.00000121. The average molecular weight is 399 g/mol. The molecule has 0 radical (unpaired) electrons. The number of fused-ring (bicyclic) bond motifs is 3. The molecule has 2 aromatic rings. The number of halogens is 2. The number of para-hydroxylation sites is 2. The minimum atomic E-state index is 0. The summed E-state index contributed by atoms with van der Waals surface area (Å²) in [5.41, 5.74) is 8.44. The minimum absolute atomic E-state index is 0. The molecule has 2 bridgehead atoms. The van der Waals surface area contributed by atoms with E-state index in [1.54, 1.807) is 0 Å². The van der Waals surface area contributed by atoms with Gasteiger partial charge in [0.1, 0.15) is 5.82 Å². The van der Waals surface area contributed by atoms with Gasteiger partial charge >= 0.3 is 0 Å². The van der Waals surface area contributed by atoms with Gasteiger partial charge in [0.2, 0.25) is 5.91 Å². The highest BCUT2D eigenvalue weighted by atomic mass is 35.5. The summed E-state index contributed by atoms with van der Waals surface area (Å²) < 4.78 is 2.14. The number of aromatic nitrogens is 2. The lowest BCUT2D eigenvalue weighted by Gasteiger charge is -2.27. The first-order chi connectivity index (χ1) is 11.6. The summed E-state index contributed by atoms with van der Waals surface area (Å²) in [4.78, 5) is 17.1. The minimum Gasteiger partial charge on any atom is -0.356 e. The fourth-order valence-corrected chi connectivity index (χ4v) is 4.72. The van der Waals surface area contributed by atoms with Crippen molar-refractivity contribution in [3.8, 4) is 0 Å². The number of imidazole rings is 1. The number of benzene rings is 1. The van der Waals surface area contributed by atoms with Crippen LogP contribution in [0.4, 0.5) is 0 Å². The Morgan fingerprint density at radius 2 is 2.00 bits per heavy atom. The molecule has 3 N–H and O–H groups in total. The summed E-state index contributed by atoms with van der Waals surface area (Å²) in [6, 6.07) is 8.25. The van der Waals surface area contributed by atoms with Crippen LogP contribution in [0.5, 0.6) is 0 Å². The Labute approximate surface area is 166 Å². The van der Waals surface area contributed by atoms with Gasteiger partial charge in [-0.2, -0.15) is 0 Å². The van der Waals surface area contributed by atoms with Gasteiger partial charge in [-0.15, -0.1) is 24.8 Å². The predicted octanol–water partition coefficient (Wildman–Crippen LogP) is 2.84. The van der Waals surface area contributed by atoms with Crippen molar-refractivity contribution in [2.75, 3.05) is 6.54 Å². The highest BCUT2D eigenvalue weighted by Crippen LogP contribution is 2.47. The smallest absolute Gasteiger partial charge is 0.224 e. The first kappa shape index (κ1) is 21.0. The fourth-order valence-electron chi connectivity index (χ4n) is 4.72. The molecular formula is C19H28Cl2N4O. The normalized spacial score (nSPS) is 26.4. The molecule has 4 unspecified atom stereocenters. The van der Waals surface area contributed by atoms with E-state index in [0.717, 1.165) is 36.1 Å². The molecule has 144 valence electrons. The maximum absolute atomic E-state index is 12.5. The van der Waals surface area contributed by atoms with Crippen molar-refractivity contribution in [3.63, 3.8) is 0 Å². The molecule has 4 atom stereocenters. The first-order valence-electron chi connectivity index (χ1n) is 9.09. The average Bonchev–Trinajstić information content (AvgIpc) is 3.26. The zero-order valence-corrected chi connectivity index (χ0v) is 16.7. The molecule has 2 fully saturated rings. The maximum atomic E-state index is 12.5. The van der Waals surface area contributed by atoms with Crippen molar-refractivity contribution < 1.29 is 4.79 Å². The Kier molecular flexibility index (Phi) is 6.94.